The van der Waals surface area contributed by atoms with Gasteiger partial charge in [-0.1, -0.05) is 124 Å². The molecular weight excluding hydrogens is 639 g/mol. The zero-order valence-corrected chi connectivity index (χ0v) is 32.2. The van der Waals surface area contributed by atoms with Gasteiger partial charge >= 0.3 is 0 Å². The van der Waals surface area contributed by atoms with E-state index in [2.05, 4.69) is 200 Å². The van der Waals surface area contributed by atoms with E-state index in [0.29, 0.717) is 0 Å². The van der Waals surface area contributed by atoms with E-state index in [0.717, 1.165) is 0 Å². The summed E-state index contributed by atoms with van der Waals surface area (Å²) < 4.78 is 0. The van der Waals surface area contributed by atoms with E-state index in [-0.39, 0.29) is 10.8 Å². The molecule has 9 rings (SSSR count). The van der Waals surface area contributed by atoms with Crippen LogP contribution in [-0.2, 0) is 10.8 Å². The molecule has 0 amide bonds. The van der Waals surface area contributed by atoms with Crippen molar-refractivity contribution in [2.45, 2.75) is 66.2 Å². The molecule has 0 bridgehead atoms. The molecule has 0 aliphatic heterocycles. The number of anilines is 3. The maximum absolute atomic E-state index is 2.46. The summed E-state index contributed by atoms with van der Waals surface area (Å²) in [6.07, 6.45) is 0. The van der Waals surface area contributed by atoms with Crippen molar-refractivity contribution in [2.24, 2.45) is 0 Å². The van der Waals surface area contributed by atoms with Gasteiger partial charge in [-0.15, -0.1) is 0 Å². The minimum absolute atomic E-state index is 0.0150. The molecule has 1 heteroatoms. The molecule has 0 radical (unpaired) electrons. The van der Waals surface area contributed by atoms with E-state index in [4.69, 9.17) is 0 Å². The molecule has 0 heterocycles. The van der Waals surface area contributed by atoms with Crippen molar-refractivity contribution in [3.05, 3.63) is 184 Å². The van der Waals surface area contributed by atoms with Gasteiger partial charge in [-0.2, -0.15) is 0 Å². The summed E-state index contributed by atoms with van der Waals surface area (Å²) in [5, 5.41) is 0. The van der Waals surface area contributed by atoms with Crippen molar-refractivity contribution in [3.8, 4) is 44.5 Å². The third-order valence-corrected chi connectivity index (χ3v) is 12.3. The molecule has 53 heavy (non-hydrogen) atoms. The number of hydrogen-bond acceptors (Lipinski definition) is 1. The van der Waals surface area contributed by atoms with Gasteiger partial charge in [0.25, 0.3) is 0 Å². The average Bonchev–Trinajstić information content (AvgIpc) is 3.53. The van der Waals surface area contributed by atoms with Crippen LogP contribution in [0.5, 0.6) is 0 Å². The first-order valence-electron chi connectivity index (χ1n) is 19.0. The van der Waals surface area contributed by atoms with E-state index in [1.165, 1.54) is 106 Å². The third kappa shape index (κ3) is 5.20. The van der Waals surface area contributed by atoms with Crippen molar-refractivity contribution in [1.82, 2.24) is 0 Å². The van der Waals surface area contributed by atoms with Crippen LogP contribution in [0.2, 0.25) is 0 Å². The van der Waals surface area contributed by atoms with Gasteiger partial charge in [0.2, 0.25) is 0 Å². The second kappa shape index (κ2) is 11.9. The average molecular weight is 686 g/mol. The summed E-state index contributed by atoms with van der Waals surface area (Å²) in [5.74, 6) is 0. The van der Waals surface area contributed by atoms with Gasteiger partial charge in [-0.25, -0.2) is 0 Å². The summed E-state index contributed by atoms with van der Waals surface area (Å²) in [4.78, 5) is 2.39. The number of hydrogen-bond donors (Lipinski definition) is 0. The second-order valence-corrected chi connectivity index (χ2v) is 16.5. The highest BCUT2D eigenvalue weighted by molar-refractivity contribution is 5.89. The molecule has 7 aromatic rings. The largest absolute Gasteiger partial charge is 0.310 e. The van der Waals surface area contributed by atoms with Crippen LogP contribution in [0.1, 0.15) is 72.2 Å². The SMILES string of the molecule is Cc1ccc(N(c2ccc(C)cc2)c2cc(C)c(-c3ccc4c(c3)C(C)(C)c3cc(-c5ccc6c(c5)C(C)(C)c5ccccc5-6)ccc3-4)cc2C)cc1. The molecule has 2 aliphatic carbocycles. The smallest absolute Gasteiger partial charge is 0.0493 e. The lowest BCUT2D eigenvalue weighted by atomic mass is 9.80. The van der Waals surface area contributed by atoms with Crippen LogP contribution < -0.4 is 4.90 Å². The minimum atomic E-state index is -0.126. The monoisotopic (exact) mass is 685 g/mol. The summed E-state index contributed by atoms with van der Waals surface area (Å²) in [6.45, 7) is 18.3. The van der Waals surface area contributed by atoms with Crippen LogP contribution in [0.15, 0.2) is 140 Å². The van der Waals surface area contributed by atoms with Crippen molar-refractivity contribution in [2.75, 3.05) is 4.90 Å². The Hall–Kier alpha value is -5.66. The molecule has 260 valence electrons. The molecule has 0 N–H and O–H groups in total. The Morgan fingerprint density at radius 1 is 0.358 bits per heavy atom. The summed E-state index contributed by atoms with van der Waals surface area (Å²) >= 11 is 0. The van der Waals surface area contributed by atoms with E-state index < -0.39 is 0 Å². The first-order chi connectivity index (χ1) is 25.4. The summed E-state index contributed by atoms with van der Waals surface area (Å²) in [5.41, 5.74) is 24.7. The summed E-state index contributed by atoms with van der Waals surface area (Å²) in [6, 6.07) is 52.8. The molecule has 0 unspecified atom stereocenters. The lowest BCUT2D eigenvalue weighted by molar-refractivity contribution is 0.659. The number of rotatable bonds is 5. The van der Waals surface area contributed by atoms with Gasteiger partial charge in [0.1, 0.15) is 0 Å². The van der Waals surface area contributed by atoms with Crippen molar-refractivity contribution in [1.29, 1.82) is 0 Å². The Labute approximate surface area is 315 Å². The maximum Gasteiger partial charge on any atom is 0.0493 e. The van der Waals surface area contributed by atoms with Crippen molar-refractivity contribution >= 4 is 17.1 Å². The lowest BCUT2D eigenvalue weighted by Gasteiger charge is -2.28. The van der Waals surface area contributed by atoms with Crippen LogP contribution in [0, 0.1) is 27.7 Å². The van der Waals surface area contributed by atoms with Gasteiger partial charge in [0, 0.05) is 27.9 Å². The van der Waals surface area contributed by atoms with Crippen LogP contribution >= 0.6 is 0 Å². The molecule has 7 aromatic carbocycles. The topological polar surface area (TPSA) is 3.24 Å². The maximum atomic E-state index is 2.46. The molecular formula is C52H47N. The van der Waals surface area contributed by atoms with Crippen LogP contribution in [0.25, 0.3) is 44.5 Å². The fourth-order valence-electron chi connectivity index (χ4n) is 9.14. The van der Waals surface area contributed by atoms with Crippen molar-refractivity contribution in [3.63, 3.8) is 0 Å². The first kappa shape index (κ1) is 33.2. The van der Waals surface area contributed by atoms with Crippen LogP contribution in [0.4, 0.5) is 17.1 Å². The number of nitrogens with zero attached hydrogens (tertiary/aromatic N) is 1. The molecule has 0 spiro atoms. The van der Waals surface area contributed by atoms with Gasteiger partial charge in [-0.3, -0.25) is 0 Å². The fourth-order valence-corrected chi connectivity index (χ4v) is 9.14. The number of benzene rings is 7. The first-order valence-corrected chi connectivity index (χ1v) is 19.0. The molecule has 0 atom stereocenters. The highest BCUT2D eigenvalue weighted by atomic mass is 15.1. The van der Waals surface area contributed by atoms with Gasteiger partial charge in [-0.05, 0) is 160 Å². The van der Waals surface area contributed by atoms with Gasteiger partial charge < -0.3 is 4.90 Å². The van der Waals surface area contributed by atoms with E-state index in [1.54, 1.807) is 0 Å². The van der Waals surface area contributed by atoms with Gasteiger partial charge in [0.05, 0.1) is 0 Å². The predicted molar refractivity (Wildman–Crippen MR) is 226 cm³/mol. The Bertz CT molecular complexity index is 2530. The lowest BCUT2D eigenvalue weighted by Crippen LogP contribution is -2.15. The molecule has 0 fully saturated rings. The Morgan fingerprint density at radius 3 is 1.32 bits per heavy atom. The Morgan fingerprint density at radius 2 is 0.792 bits per heavy atom. The molecule has 0 saturated heterocycles. The van der Waals surface area contributed by atoms with Crippen molar-refractivity contribution < 1.29 is 0 Å². The summed E-state index contributed by atoms with van der Waals surface area (Å²) in [7, 11) is 0. The zero-order chi connectivity index (χ0) is 36.8. The molecule has 2 aliphatic rings. The van der Waals surface area contributed by atoms with Crippen LogP contribution in [0.3, 0.4) is 0 Å². The predicted octanol–water partition coefficient (Wildman–Crippen LogP) is 14.3. The molecule has 0 saturated carbocycles. The molecule has 1 nitrogen and oxygen atoms in total. The number of aryl methyl sites for hydroxylation is 4. The quantitative estimate of drug-likeness (QED) is 0.174. The Balaban J connectivity index is 1.08. The van der Waals surface area contributed by atoms with E-state index in [1.807, 2.05) is 0 Å². The van der Waals surface area contributed by atoms with Gasteiger partial charge in [0.15, 0.2) is 0 Å². The van der Waals surface area contributed by atoms with E-state index >= 15 is 0 Å². The zero-order valence-electron chi connectivity index (χ0n) is 32.2. The Kier molecular flexibility index (Phi) is 7.48. The van der Waals surface area contributed by atoms with Crippen LogP contribution in [-0.4, -0.2) is 0 Å². The normalized spacial score (nSPS) is 14.3. The fraction of sp³-hybridized carbons (Fsp3) is 0.192. The second-order valence-electron chi connectivity index (χ2n) is 16.5. The standard InChI is InChI=1S/C52H47N/c1-32-13-20-39(21-14-32)53(40-22-15-33(2)16-23-40)50-28-34(3)45(27-35(50)4)38-19-26-44-43-25-18-37(30-48(43)52(7,8)49(44)31-38)36-17-24-42-41-11-9-10-12-46(41)51(5,6)47(42)29-36/h9-31H,1-8H3. The highest BCUT2D eigenvalue weighted by Crippen LogP contribution is 2.53. The molecule has 0 aromatic heterocycles. The third-order valence-electron chi connectivity index (χ3n) is 12.3. The highest BCUT2D eigenvalue weighted by Gasteiger charge is 2.37. The van der Waals surface area contributed by atoms with E-state index in [9.17, 15) is 0 Å². The minimum Gasteiger partial charge on any atom is -0.310 e. The number of fused-ring (bicyclic) bond motifs is 6.